The van der Waals surface area contributed by atoms with Crippen LogP contribution in [0.3, 0.4) is 0 Å². The normalized spacial score (nSPS) is 15.6. The Labute approximate surface area is 133 Å². The van der Waals surface area contributed by atoms with Gasteiger partial charge in [-0.15, -0.1) is 0 Å². The monoisotopic (exact) mass is 320 g/mol. The summed E-state index contributed by atoms with van der Waals surface area (Å²) in [4.78, 5) is 11.5. The first-order valence-corrected chi connectivity index (χ1v) is 8.19. The van der Waals surface area contributed by atoms with Crippen molar-refractivity contribution in [3.63, 3.8) is 0 Å². The lowest BCUT2D eigenvalue weighted by molar-refractivity contribution is -0.228. The van der Waals surface area contributed by atoms with Crippen molar-refractivity contribution < 1.29 is 30.0 Å². The van der Waals surface area contributed by atoms with Gasteiger partial charge in [-0.2, -0.15) is 0 Å². The van der Waals surface area contributed by atoms with Crippen LogP contribution in [-0.4, -0.2) is 51.5 Å². The predicted octanol–water partition coefficient (Wildman–Crippen LogP) is 1.34. The van der Waals surface area contributed by atoms with Gasteiger partial charge in [-0.1, -0.05) is 46.0 Å². The Morgan fingerprint density at radius 3 is 2.09 bits per heavy atom. The molecule has 0 amide bonds. The Morgan fingerprint density at radius 2 is 1.59 bits per heavy atom. The van der Waals surface area contributed by atoms with E-state index in [2.05, 4.69) is 0 Å². The number of ether oxygens (including phenoxy) is 1. The van der Waals surface area contributed by atoms with Crippen LogP contribution in [0.2, 0.25) is 0 Å². The molecule has 0 rings (SSSR count). The smallest absolute Gasteiger partial charge is 0.310 e. The number of hydrogen-bond acceptors (Lipinski definition) is 6. The van der Waals surface area contributed by atoms with Crippen LogP contribution in [0, 0.1) is 5.92 Å². The van der Waals surface area contributed by atoms with Gasteiger partial charge in [-0.3, -0.25) is 4.79 Å². The molecule has 2 atom stereocenters. The lowest BCUT2D eigenvalue weighted by atomic mass is 10.0. The van der Waals surface area contributed by atoms with E-state index < -0.39 is 24.5 Å². The van der Waals surface area contributed by atoms with Crippen molar-refractivity contribution >= 4 is 5.97 Å². The van der Waals surface area contributed by atoms with Gasteiger partial charge >= 0.3 is 5.97 Å². The predicted molar refractivity (Wildman–Crippen MR) is 83.0 cm³/mol. The van der Waals surface area contributed by atoms with E-state index in [0.29, 0.717) is 12.8 Å². The summed E-state index contributed by atoms with van der Waals surface area (Å²) in [5.41, 5.74) is 0. The van der Waals surface area contributed by atoms with E-state index in [1.807, 2.05) is 0 Å². The fraction of sp³-hybridized carbons (Fsp3) is 0.938. The van der Waals surface area contributed by atoms with E-state index in [1.165, 1.54) is 0 Å². The summed E-state index contributed by atoms with van der Waals surface area (Å²) >= 11 is 0. The van der Waals surface area contributed by atoms with Crippen molar-refractivity contribution in [3.05, 3.63) is 0 Å². The van der Waals surface area contributed by atoms with E-state index in [-0.39, 0.29) is 18.9 Å². The Kier molecular flexibility index (Phi) is 11.5. The number of rotatable bonds is 13. The van der Waals surface area contributed by atoms with Crippen molar-refractivity contribution in [2.24, 2.45) is 5.92 Å². The summed E-state index contributed by atoms with van der Waals surface area (Å²) < 4.78 is 4.95. The zero-order valence-corrected chi connectivity index (χ0v) is 13.8. The Bertz CT molecular complexity index is 294. The van der Waals surface area contributed by atoms with Crippen LogP contribution in [0.4, 0.5) is 0 Å². The molecule has 0 aliphatic heterocycles. The SMILES string of the molecule is CC(C)C(=O)OC(O)(CO)CCCCCCCCC(O)CO. The second-order valence-corrected chi connectivity index (χ2v) is 6.18. The van der Waals surface area contributed by atoms with Gasteiger partial charge in [0.2, 0.25) is 5.79 Å². The van der Waals surface area contributed by atoms with E-state index in [4.69, 9.17) is 9.84 Å². The first kappa shape index (κ1) is 21.3. The first-order chi connectivity index (χ1) is 10.3. The summed E-state index contributed by atoms with van der Waals surface area (Å²) in [7, 11) is 0. The number of aliphatic hydroxyl groups is 4. The number of aliphatic hydroxyl groups excluding tert-OH is 3. The molecule has 0 fully saturated rings. The third kappa shape index (κ3) is 10.1. The summed E-state index contributed by atoms with van der Waals surface area (Å²) in [5, 5.41) is 37.1. The zero-order valence-electron chi connectivity index (χ0n) is 13.8. The van der Waals surface area contributed by atoms with Gasteiger partial charge in [0.25, 0.3) is 0 Å². The van der Waals surface area contributed by atoms with Crippen LogP contribution in [0.25, 0.3) is 0 Å². The molecule has 0 aliphatic carbocycles. The minimum absolute atomic E-state index is 0.186. The van der Waals surface area contributed by atoms with Crippen molar-refractivity contribution in [1.29, 1.82) is 0 Å². The van der Waals surface area contributed by atoms with Crippen molar-refractivity contribution in [3.8, 4) is 0 Å². The molecule has 6 heteroatoms. The third-order valence-corrected chi connectivity index (χ3v) is 3.57. The van der Waals surface area contributed by atoms with Gasteiger partial charge in [0.1, 0.15) is 6.61 Å². The molecular weight excluding hydrogens is 288 g/mol. The minimum Gasteiger partial charge on any atom is -0.430 e. The van der Waals surface area contributed by atoms with Crippen LogP contribution in [-0.2, 0) is 9.53 Å². The summed E-state index contributed by atoms with van der Waals surface area (Å²) in [6.45, 7) is 2.57. The molecule has 0 spiro atoms. The number of hydrogen-bond donors (Lipinski definition) is 4. The molecule has 0 heterocycles. The molecule has 6 nitrogen and oxygen atoms in total. The molecule has 0 saturated carbocycles. The highest BCUT2D eigenvalue weighted by Gasteiger charge is 2.31. The lowest BCUT2D eigenvalue weighted by Gasteiger charge is -2.26. The summed E-state index contributed by atoms with van der Waals surface area (Å²) in [6.07, 6.45) is 5.65. The third-order valence-electron chi connectivity index (χ3n) is 3.57. The van der Waals surface area contributed by atoms with Crippen LogP contribution in [0.5, 0.6) is 0 Å². The maximum Gasteiger partial charge on any atom is 0.310 e. The van der Waals surface area contributed by atoms with Crippen LogP contribution >= 0.6 is 0 Å². The molecule has 0 aromatic rings. The molecule has 0 aromatic heterocycles. The summed E-state index contributed by atoms with van der Waals surface area (Å²) in [5.74, 6) is -2.63. The zero-order chi connectivity index (χ0) is 17.0. The fourth-order valence-corrected chi connectivity index (χ4v) is 2.05. The van der Waals surface area contributed by atoms with Crippen LogP contribution in [0.15, 0.2) is 0 Å². The van der Waals surface area contributed by atoms with Crippen molar-refractivity contribution in [1.82, 2.24) is 0 Å². The van der Waals surface area contributed by atoms with E-state index in [0.717, 1.165) is 32.1 Å². The second-order valence-electron chi connectivity index (χ2n) is 6.18. The van der Waals surface area contributed by atoms with Gasteiger partial charge in [0, 0.05) is 6.42 Å². The maximum atomic E-state index is 11.5. The van der Waals surface area contributed by atoms with Gasteiger partial charge in [0.15, 0.2) is 0 Å². The average molecular weight is 320 g/mol. The van der Waals surface area contributed by atoms with Gasteiger partial charge < -0.3 is 25.2 Å². The standard InChI is InChI=1S/C16H32O6/c1-13(2)15(20)22-16(21,12-18)10-8-6-4-3-5-7-9-14(19)11-17/h13-14,17-19,21H,3-12H2,1-2H3. The number of carbonyl (C=O) groups excluding carboxylic acids is 1. The van der Waals surface area contributed by atoms with Crippen LogP contribution < -0.4 is 0 Å². The molecular formula is C16H32O6. The van der Waals surface area contributed by atoms with E-state index >= 15 is 0 Å². The molecule has 2 unspecified atom stereocenters. The summed E-state index contributed by atoms with van der Waals surface area (Å²) in [6, 6.07) is 0. The topological polar surface area (TPSA) is 107 Å². The van der Waals surface area contributed by atoms with Crippen LogP contribution in [0.1, 0.15) is 65.2 Å². The molecule has 22 heavy (non-hydrogen) atoms. The molecule has 0 saturated heterocycles. The lowest BCUT2D eigenvalue weighted by Crippen LogP contribution is -2.40. The minimum atomic E-state index is -1.77. The number of esters is 1. The highest BCUT2D eigenvalue weighted by Crippen LogP contribution is 2.19. The molecule has 4 N–H and O–H groups in total. The largest absolute Gasteiger partial charge is 0.430 e. The first-order valence-electron chi connectivity index (χ1n) is 8.19. The highest BCUT2D eigenvalue weighted by atomic mass is 16.7. The fourth-order valence-electron chi connectivity index (χ4n) is 2.05. The second kappa shape index (κ2) is 11.8. The molecule has 0 bridgehead atoms. The molecule has 0 aromatic carbocycles. The number of unbranched alkanes of at least 4 members (excludes halogenated alkanes) is 5. The van der Waals surface area contributed by atoms with Gasteiger partial charge in [-0.25, -0.2) is 0 Å². The highest BCUT2D eigenvalue weighted by molar-refractivity contribution is 5.71. The average Bonchev–Trinajstić information content (AvgIpc) is 2.49. The Hall–Kier alpha value is -0.690. The maximum absolute atomic E-state index is 11.5. The molecule has 0 aliphatic rings. The Morgan fingerprint density at radius 1 is 1.05 bits per heavy atom. The molecule has 0 radical (unpaired) electrons. The quantitative estimate of drug-likeness (QED) is 0.232. The van der Waals surface area contributed by atoms with Gasteiger partial charge in [-0.05, 0) is 12.8 Å². The van der Waals surface area contributed by atoms with E-state index in [1.54, 1.807) is 13.8 Å². The Balaban J connectivity index is 3.72. The van der Waals surface area contributed by atoms with Crippen molar-refractivity contribution in [2.45, 2.75) is 77.1 Å². The van der Waals surface area contributed by atoms with Crippen molar-refractivity contribution in [2.75, 3.05) is 13.2 Å². The number of carbonyl (C=O) groups is 1. The van der Waals surface area contributed by atoms with Gasteiger partial charge in [0.05, 0.1) is 18.6 Å². The molecule has 132 valence electrons. The van der Waals surface area contributed by atoms with E-state index in [9.17, 15) is 20.1 Å².